The molecule has 3 unspecified atom stereocenters. The van der Waals surface area contributed by atoms with Crippen LogP contribution < -0.4 is 9.80 Å². The average molecular weight is 863 g/mol. The summed E-state index contributed by atoms with van der Waals surface area (Å²) in [5.74, 6) is 0. The van der Waals surface area contributed by atoms with E-state index >= 15 is 0 Å². The molecule has 2 aromatic heterocycles. The van der Waals surface area contributed by atoms with E-state index in [4.69, 9.17) is 8.83 Å². The van der Waals surface area contributed by atoms with Crippen LogP contribution in [0.15, 0.2) is 214 Å². The molecule has 11 aromatic rings. The fourth-order valence-corrected chi connectivity index (χ4v) is 13.1. The Labute approximate surface area is 379 Å². The fourth-order valence-electron chi connectivity index (χ4n) is 10.3. The highest BCUT2D eigenvalue weighted by molar-refractivity contribution is 8.03. The molecular formula is C58H42N2O2S2. The normalized spacial score (nSPS) is 17.6. The Kier molecular flexibility index (Phi) is 9.09. The van der Waals surface area contributed by atoms with Crippen molar-refractivity contribution in [2.45, 2.75) is 35.1 Å². The summed E-state index contributed by atoms with van der Waals surface area (Å²) in [7, 11) is 0. The zero-order valence-electron chi connectivity index (χ0n) is 34.9. The molecule has 0 amide bonds. The lowest BCUT2D eigenvalue weighted by molar-refractivity contribution is 0.652. The molecule has 6 heteroatoms. The van der Waals surface area contributed by atoms with Gasteiger partial charge in [0.05, 0.1) is 21.5 Å². The highest BCUT2D eigenvalue weighted by Gasteiger charge is 2.37. The molecule has 2 aliphatic heterocycles. The van der Waals surface area contributed by atoms with Crippen LogP contribution in [0.3, 0.4) is 0 Å². The molecule has 0 N–H and O–H groups in total. The number of nitrogens with zero attached hydrogens (tertiary/aromatic N) is 2. The van der Waals surface area contributed by atoms with Crippen molar-refractivity contribution in [3.63, 3.8) is 0 Å². The first-order valence-corrected chi connectivity index (χ1v) is 24.0. The number of para-hydroxylation sites is 2. The molecule has 9 aromatic carbocycles. The quantitative estimate of drug-likeness (QED) is 0.151. The number of hydrogen-bond donors (Lipinski definition) is 0. The summed E-state index contributed by atoms with van der Waals surface area (Å²) in [6.45, 7) is 0. The van der Waals surface area contributed by atoms with Crippen LogP contribution in [0.5, 0.6) is 0 Å². The molecule has 4 nitrogen and oxygen atoms in total. The van der Waals surface area contributed by atoms with Crippen molar-refractivity contribution in [2.24, 2.45) is 0 Å². The third-order valence-corrected chi connectivity index (χ3v) is 16.1. The van der Waals surface area contributed by atoms with Crippen molar-refractivity contribution in [3.8, 4) is 0 Å². The van der Waals surface area contributed by atoms with E-state index in [1.807, 2.05) is 23.5 Å². The maximum atomic E-state index is 7.47. The van der Waals surface area contributed by atoms with Gasteiger partial charge >= 0.3 is 0 Å². The van der Waals surface area contributed by atoms with E-state index in [0.29, 0.717) is 10.5 Å². The molecule has 13 rings (SSSR count). The Morgan fingerprint density at radius 2 is 1.08 bits per heavy atom. The number of allylic oxidation sites excluding steroid dienone is 1. The van der Waals surface area contributed by atoms with Crippen molar-refractivity contribution in [2.75, 3.05) is 9.80 Å². The first kappa shape index (κ1) is 37.7. The number of fused-ring (bicyclic) bond motifs is 9. The van der Waals surface area contributed by atoms with Gasteiger partial charge in [-0.1, -0.05) is 169 Å². The lowest BCUT2D eigenvalue weighted by atomic mass is 9.99. The van der Waals surface area contributed by atoms with Crippen molar-refractivity contribution in [1.82, 2.24) is 0 Å². The van der Waals surface area contributed by atoms with Crippen LogP contribution in [0.1, 0.15) is 40.9 Å². The van der Waals surface area contributed by atoms with Crippen LogP contribution in [0, 0.1) is 0 Å². The Bertz CT molecular complexity index is 3570. The van der Waals surface area contributed by atoms with Crippen molar-refractivity contribution < 1.29 is 8.83 Å². The monoisotopic (exact) mass is 862 g/mol. The largest absolute Gasteiger partial charge is 0.454 e. The van der Waals surface area contributed by atoms with Crippen LogP contribution >= 0.6 is 23.5 Å². The van der Waals surface area contributed by atoms with Crippen molar-refractivity contribution in [1.29, 1.82) is 0 Å². The Morgan fingerprint density at radius 3 is 1.83 bits per heavy atom. The summed E-state index contributed by atoms with van der Waals surface area (Å²) in [6, 6.07) is 70.2. The number of anilines is 4. The predicted octanol–water partition coefficient (Wildman–Crippen LogP) is 17.4. The molecule has 0 bridgehead atoms. The van der Waals surface area contributed by atoms with Crippen molar-refractivity contribution in [3.05, 3.63) is 216 Å². The molecule has 308 valence electrons. The SMILES string of the molecule is C1=C(N(c2ccccc2)c2c3ccccc3cc3oc4c(N(c5ccccc5)C5CCC(c6ccccc6)S5)c5oc6c7ccccc7ccc6c5cc4c23)SC(c2ccccc2)C1. The number of benzene rings is 9. The second-order valence-electron chi connectivity index (χ2n) is 16.9. The fraction of sp³-hybridized carbons (Fsp3) is 0.103. The van der Waals surface area contributed by atoms with E-state index in [0.717, 1.165) is 102 Å². The highest BCUT2D eigenvalue weighted by atomic mass is 32.2. The predicted molar refractivity (Wildman–Crippen MR) is 272 cm³/mol. The van der Waals surface area contributed by atoms with Crippen LogP contribution in [0.4, 0.5) is 22.7 Å². The van der Waals surface area contributed by atoms with Gasteiger partial charge in [-0.25, -0.2) is 0 Å². The Hall–Kier alpha value is -6.86. The zero-order chi connectivity index (χ0) is 42.1. The molecule has 0 saturated carbocycles. The van der Waals surface area contributed by atoms with Gasteiger partial charge in [0, 0.05) is 48.8 Å². The van der Waals surface area contributed by atoms with E-state index in [2.05, 4.69) is 210 Å². The molecule has 0 spiro atoms. The second-order valence-corrected chi connectivity index (χ2v) is 19.5. The Morgan fingerprint density at radius 1 is 0.453 bits per heavy atom. The van der Waals surface area contributed by atoms with Gasteiger partial charge in [-0.2, -0.15) is 0 Å². The molecular weight excluding hydrogens is 821 g/mol. The van der Waals surface area contributed by atoms with Gasteiger partial charge in [-0.15, -0.1) is 11.8 Å². The standard InChI is InChI=1S/C58H42N2O2S2/c1-5-18-38(19-6-1)49-31-33-51(63-49)59(41-23-9-3-10-24-41)54-43-27-15-14-22-40(43)35-48-53(54)47-36-46-45-30-29-37-17-13-16-28-44(37)56(45)62-57(46)55(58(47)61-48)60(42-25-11-4-12-26-42)52-34-32-50(64-52)39-20-7-2-8-21-39/h1-30,33,35-36,49-50,52H,31-32,34H2. The summed E-state index contributed by atoms with van der Waals surface area (Å²) in [5, 5.41) is 10.9. The van der Waals surface area contributed by atoms with Crippen LogP contribution in [0.2, 0.25) is 0 Å². The lowest BCUT2D eigenvalue weighted by Gasteiger charge is -2.31. The number of hydrogen-bond acceptors (Lipinski definition) is 6. The molecule has 3 atom stereocenters. The first-order chi connectivity index (χ1) is 31.7. The average Bonchev–Trinajstić information content (AvgIpc) is 4.19. The highest BCUT2D eigenvalue weighted by Crippen LogP contribution is 2.57. The van der Waals surface area contributed by atoms with E-state index in [9.17, 15) is 0 Å². The summed E-state index contributed by atoms with van der Waals surface area (Å²) in [5.41, 5.74) is 10.5. The molecule has 1 saturated heterocycles. The van der Waals surface area contributed by atoms with E-state index in [1.54, 1.807) is 0 Å². The van der Waals surface area contributed by atoms with Gasteiger partial charge in [0.25, 0.3) is 0 Å². The zero-order valence-corrected chi connectivity index (χ0v) is 36.6. The maximum absolute atomic E-state index is 7.47. The third-order valence-electron chi connectivity index (χ3n) is 13.2. The molecule has 0 radical (unpaired) electrons. The molecule has 4 heterocycles. The van der Waals surface area contributed by atoms with Crippen LogP contribution in [-0.4, -0.2) is 5.37 Å². The van der Waals surface area contributed by atoms with E-state index < -0.39 is 0 Å². The summed E-state index contributed by atoms with van der Waals surface area (Å²) in [4.78, 5) is 5.05. The topological polar surface area (TPSA) is 32.8 Å². The number of furan rings is 2. The molecule has 0 aliphatic carbocycles. The first-order valence-electron chi connectivity index (χ1n) is 22.2. The summed E-state index contributed by atoms with van der Waals surface area (Å²) >= 11 is 3.99. The van der Waals surface area contributed by atoms with Crippen LogP contribution in [0.25, 0.3) is 65.4 Å². The van der Waals surface area contributed by atoms with Crippen LogP contribution in [-0.2, 0) is 0 Å². The smallest absolute Gasteiger partial charge is 0.163 e. The van der Waals surface area contributed by atoms with Gasteiger partial charge in [0.1, 0.15) is 16.9 Å². The Balaban J connectivity index is 1.13. The molecule has 2 aliphatic rings. The number of rotatable bonds is 8. The minimum atomic E-state index is 0.119. The van der Waals surface area contributed by atoms with Crippen molar-refractivity contribution >= 4 is 112 Å². The second kappa shape index (κ2) is 15.4. The van der Waals surface area contributed by atoms with Gasteiger partial charge in [-0.3, -0.25) is 0 Å². The van der Waals surface area contributed by atoms with E-state index in [-0.39, 0.29) is 5.37 Å². The van der Waals surface area contributed by atoms with Gasteiger partial charge in [0.15, 0.2) is 11.2 Å². The summed E-state index contributed by atoms with van der Waals surface area (Å²) in [6.07, 6.45) is 5.46. The summed E-state index contributed by atoms with van der Waals surface area (Å²) < 4.78 is 14.8. The van der Waals surface area contributed by atoms with Gasteiger partial charge in [0.2, 0.25) is 0 Å². The maximum Gasteiger partial charge on any atom is 0.163 e. The van der Waals surface area contributed by atoms with E-state index in [1.165, 1.54) is 21.5 Å². The third kappa shape index (κ3) is 6.15. The number of thioether (sulfide) groups is 2. The lowest BCUT2D eigenvalue weighted by Crippen LogP contribution is -2.26. The van der Waals surface area contributed by atoms with Gasteiger partial charge < -0.3 is 18.6 Å². The minimum Gasteiger partial charge on any atom is -0.454 e. The minimum absolute atomic E-state index is 0.119. The molecule has 1 fully saturated rings. The van der Waals surface area contributed by atoms with Gasteiger partial charge in [-0.05, 0) is 83.6 Å². The molecule has 64 heavy (non-hydrogen) atoms.